The highest BCUT2D eigenvalue weighted by Gasteiger charge is 2.00. The van der Waals surface area contributed by atoms with Crippen LogP contribution in [0.25, 0.3) is 0 Å². The van der Waals surface area contributed by atoms with Crippen LogP contribution in [0.15, 0.2) is 0 Å². The minimum atomic E-state index is 0.0278. The van der Waals surface area contributed by atoms with Gasteiger partial charge in [0, 0.05) is 19.6 Å². The molecule has 0 aromatic carbocycles. The van der Waals surface area contributed by atoms with Crippen LogP contribution >= 0.6 is 0 Å². The first-order valence-electron chi connectivity index (χ1n) is 5.61. The van der Waals surface area contributed by atoms with Crippen LogP contribution in [0, 0.1) is 0 Å². The molecule has 7 heteroatoms. The number of ether oxygens (including phenoxy) is 1. The van der Waals surface area contributed by atoms with Gasteiger partial charge in [-0.05, 0) is 0 Å². The van der Waals surface area contributed by atoms with Crippen LogP contribution in [-0.4, -0.2) is 96.3 Å². The molecule has 0 atom stereocenters. The van der Waals surface area contributed by atoms with E-state index < -0.39 is 0 Å². The van der Waals surface area contributed by atoms with Crippen LogP contribution in [0.5, 0.6) is 0 Å². The van der Waals surface area contributed by atoms with Gasteiger partial charge in [0.05, 0.1) is 46.2 Å². The summed E-state index contributed by atoms with van der Waals surface area (Å²) in [5.41, 5.74) is 0. The average molecular weight is 255 g/mol. The molecule has 0 rings (SSSR count). The molecule has 0 unspecified atom stereocenters. The average Bonchev–Trinajstić information content (AvgIpc) is 2.32. The summed E-state index contributed by atoms with van der Waals surface area (Å²) < 4.78 is 4.63. The van der Waals surface area contributed by atoms with E-state index in [1.54, 1.807) is 4.90 Å². The summed E-state index contributed by atoms with van der Waals surface area (Å²) in [6, 6.07) is 0. The molecular weight excluding hydrogens is 230 g/mol. The van der Waals surface area contributed by atoms with Crippen molar-refractivity contribution in [2.24, 2.45) is 0 Å². The largest absolute Gasteiger partial charge is 0.395 e. The van der Waals surface area contributed by atoms with E-state index in [-0.39, 0.29) is 33.0 Å². The van der Waals surface area contributed by atoms with E-state index in [0.717, 1.165) is 0 Å². The van der Waals surface area contributed by atoms with Gasteiger partial charge < -0.3 is 30.3 Å². The van der Waals surface area contributed by atoms with Crippen molar-refractivity contribution in [3.63, 3.8) is 0 Å². The normalized spacial score (nSPS) is 10.2. The Labute approximate surface area is 102 Å². The molecule has 17 heavy (non-hydrogen) atoms. The number of aliphatic hydroxyl groups is 5. The highest BCUT2D eigenvalue weighted by Crippen LogP contribution is 1.84. The zero-order valence-electron chi connectivity index (χ0n) is 10.2. The number of aliphatic hydroxyl groups excluding tert-OH is 5. The van der Waals surface area contributed by atoms with E-state index in [2.05, 4.69) is 4.74 Å². The lowest BCUT2D eigenvalue weighted by Gasteiger charge is -2.17. The second-order valence-corrected chi connectivity index (χ2v) is 3.07. The second-order valence-electron chi connectivity index (χ2n) is 3.07. The zero-order valence-corrected chi connectivity index (χ0v) is 10.2. The van der Waals surface area contributed by atoms with Crippen LogP contribution in [-0.2, 0) is 4.74 Å². The standard InChI is InChI=1S/C6H15NO3.C4H10O3/c8-4-1-7(2-5-9)3-6-10;5-1-3-7-4-2-6/h8-10H,1-6H2;5-6H,1-4H2. The van der Waals surface area contributed by atoms with Crippen LogP contribution < -0.4 is 0 Å². The van der Waals surface area contributed by atoms with Crippen molar-refractivity contribution in [2.45, 2.75) is 0 Å². The molecule has 0 aromatic heterocycles. The summed E-state index contributed by atoms with van der Waals surface area (Å²) in [5, 5.41) is 41.6. The quantitative estimate of drug-likeness (QED) is 0.269. The Kier molecular flexibility index (Phi) is 20.3. The molecule has 0 saturated carbocycles. The van der Waals surface area contributed by atoms with E-state index in [0.29, 0.717) is 32.8 Å². The summed E-state index contributed by atoms with van der Waals surface area (Å²) in [6.07, 6.45) is 0. The molecule has 106 valence electrons. The van der Waals surface area contributed by atoms with Crippen LogP contribution in [0.1, 0.15) is 0 Å². The highest BCUT2D eigenvalue weighted by molar-refractivity contribution is 4.54. The molecule has 0 fully saturated rings. The molecule has 0 radical (unpaired) electrons. The highest BCUT2D eigenvalue weighted by atomic mass is 16.5. The van der Waals surface area contributed by atoms with E-state index in [1.165, 1.54) is 0 Å². The van der Waals surface area contributed by atoms with Gasteiger partial charge in [0.15, 0.2) is 0 Å². The van der Waals surface area contributed by atoms with Gasteiger partial charge >= 0.3 is 0 Å². The van der Waals surface area contributed by atoms with Crippen LogP contribution in [0.2, 0.25) is 0 Å². The lowest BCUT2D eigenvalue weighted by Crippen LogP contribution is -2.32. The minimum absolute atomic E-state index is 0.0278. The Morgan fingerprint density at radius 2 is 0.941 bits per heavy atom. The Morgan fingerprint density at radius 3 is 1.18 bits per heavy atom. The fourth-order valence-corrected chi connectivity index (χ4v) is 0.991. The van der Waals surface area contributed by atoms with Crippen molar-refractivity contribution in [2.75, 3.05) is 65.9 Å². The van der Waals surface area contributed by atoms with Gasteiger partial charge in [0.2, 0.25) is 0 Å². The third-order valence-corrected chi connectivity index (χ3v) is 1.72. The molecule has 0 aliphatic heterocycles. The van der Waals surface area contributed by atoms with Crippen LogP contribution in [0.3, 0.4) is 0 Å². The third kappa shape index (κ3) is 18.3. The van der Waals surface area contributed by atoms with E-state index in [1.807, 2.05) is 0 Å². The van der Waals surface area contributed by atoms with Crippen LogP contribution in [0.4, 0.5) is 0 Å². The monoisotopic (exact) mass is 255 g/mol. The molecule has 0 heterocycles. The minimum Gasteiger partial charge on any atom is -0.395 e. The summed E-state index contributed by atoms with van der Waals surface area (Å²) in [4.78, 5) is 1.79. The first-order chi connectivity index (χ1) is 8.26. The molecule has 0 amide bonds. The lowest BCUT2D eigenvalue weighted by molar-refractivity contribution is 0.0650. The zero-order chi connectivity index (χ0) is 13.4. The van der Waals surface area contributed by atoms with E-state index >= 15 is 0 Å². The van der Waals surface area contributed by atoms with E-state index in [9.17, 15) is 0 Å². The van der Waals surface area contributed by atoms with Crippen molar-refractivity contribution >= 4 is 0 Å². The maximum atomic E-state index is 8.48. The maximum absolute atomic E-state index is 8.48. The molecule has 0 aliphatic rings. The fraction of sp³-hybridized carbons (Fsp3) is 1.00. The predicted octanol–water partition coefficient (Wildman–Crippen LogP) is -2.75. The van der Waals surface area contributed by atoms with Crippen molar-refractivity contribution in [1.82, 2.24) is 4.90 Å². The Bertz CT molecular complexity index is 109. The molecule has 0 bridgehead atoms. The molecule has 0 saturated heterocycles. The first-order valence-corrected chi connectivity index (χ1v) is 5.61. The molecule has 0 aliphatic carbocycles. The number of nitrogens with zero attached hydrogens (tertiary/aromatic N) is 1. The summed E-state index contributed by atoms with van der Waals surface area (Å²) in [5.74, 6) is 0. The van der Waals surface area contributed by atoms with Gasteiger partial charge in [0.25, 0.3) is 0 Å². The maximum Gasteiger partial charge on any atom is 0.0698 e. The molecule has 7 nitrogen and oxygen atoms in total. The first kappa shape index (κ1) is 19.1. The fourth-order valence-electron chi connectivity index (χ4n) is 0.991. The van der Waals surface area contributed by atoms with Gasteiger partial charge in [-0.1, -0.05) is 0 Å². The van der Waals surface area contributed by atoms with E-state index in [4.69, 9.17) is 25.5 Å². The second kappa shape index (κ2) is 18.1. The van der Waals surface area contributed by atoms with Crippen molar-refractivity contribution < 1.29 is 30.3 Å². The van der Waals surface area contributed by atoms with Crippen molar-refractivity contribution in [3.8, 4) is 0 Å². The third-order valence-electron chi connectivity index (χ3n) is 1.72. The van der Waals surface area contributed by atoms with Gasteiger partial charge in [-0.25, -0.2) is 0 Å². The smallest absolute Gasteiger partial charge is 0.0698 e. The molecular formula is C10H25NO6. The summed E-state index contributed by atoms with van der Waals surface area (Å²) in [7, 11) is 0. The van der Waals surface area contributed by atoms with Gasteiger partial charge in [-0.3, -0.25) is 4.90 Å². The Hall–Kier alpha value is -0.280. The number of hydrogen-bond donors (Lipinski definition) is 5. The van der Waals surface area contributed by atoms with Gasteiger partial charge in [-0.15, -0.1) is 0 Å². The van der Waals surface area contributed by atoms with Crippen molar-refractivity contribution in [1.29, 1.82) is 0 Å². The predicted molar refractivity (Wildman–Crippen MR) is 62.7 cm³/mol. The molecule has 0 spiro atoms. The molecule has 5 N–H and O–H groups in total. The number of hydrogen-bond acceptors (Lipinski definition) is 7. The number of rotatable bonds is 10. The lowest BCUT2D eigenvalue weighted by atomic mass is 10.4. The topological polar surface area (TPSA) is 114 Å². The SMILES string of the molecule is OCCN(CCO)CCO.OCCOCCO. The summed E-state index contributed by atoms with van der Waals surface area (Å²) >= 11 is 0. The Morgan fingerprint density at radius 1 is 0.588 bits per heavy atom. The molecule has 0 aromatic rings. The summed E-state index contributed by atoms with van der Waals surface area (Å²) in [6.45, 7) is 2.45. The van der Waals surface area contributed by atoms with Crippen molar-refractivity contribution in [3.05, 3.63) is 0 Å². The van der Waals surface area contributed by atoms with Gasteiger partial charge in [-0.2, -0.15) is 0 Å². The Balaban J connectivity index is 0. The van der Waals surface area contributed by atoms with Gasteiger partial charge in [0.1, 0.15) is 0 Å².